The number of halogens is 2. The third-order valence-electron chi connectivity index (χ3n) is 3.39. The number of hydrogen-bond acceptors (Lipinski definition) is 2. The lowest BCUT2D eigenvalue weighted by molar-refractivity contribution is 0.264. The molecule has 1 aromatic rings. The molecule has 0 aliphatic rings. The van der Waals surface area contributed by atoms with Crippen LogP contribution in [0, 0.1) is 0 Å². The van der Waals surface area contributed by atoms with Gasteiger partial charge in [-0.2, -0.15) is 0 Å². The van der Waals surface area contributed by atoms with Crippen molar-refractivity contribution >= 4 is 31.9 Å². The third-order valence-corrected chi connectivity index (χ3v) is 4.57. The van der Waals surface area contributed by atoms with Gasteiger partial charge in [-0.15, -0.1) is 0 Å². The van der Waals surface area contributed by atoms with Crippen LogP contribution < -0.4 is 5.32 Å². The van der Waals surface area contributed by atoms with E-state index in [1.165, 1.54) is 5.56 Å². The van der Waals surface area contributed by atoms with E-state index in [1.54, 1.807) is 0 Å². The van der Waals surface area contributed by atoms with E-state index in [1.807, 2.05) is 0 Å². The molecule has 0 aliphatic carbocycles. The summed E-state index contributed by atoms with van der Waals surface area (Å²) in [4.78, 5) is 2.45. The number of benzene rings is 1. The largest absolute Gasteiger partial charge is 0.306 e. The van der Waals surface area contributed by atoms with Gasteiger partial charge in [-0.25, -0.2) is 0 Å². The maximum atomic E-state index is 3.67. The average molecular weight is 392 g/mol. The van der Waals surface area contributed by atoms with Crippen molar-refractivity contribution in [3.63, 3.8) is 0 Å². The second-order valence-electron chi connectivity index (χ2n) is 4.94. The first-order valence-corrected chi connectivity index (χ1v) is 8.49. The molecule has 1 N–H and O–H groups in total. The standard InChI is InChI=1S/C15H24Br2N2/c1-5-19(6-2)10-11(3)18-12(4)14-8-7-13(16)9-15(14)17/h7-9,11-12,18H,5-6,10H2,1-4H3. The zero-order valence-corrected chi connectivity index (χ0v) is 15.4. The molecule has 0 aromatic heterocycles. The zero-order valence-electron chi connectivity index (χ0n) is 12.2. The molecule has 2 unspecified atom stereocenters. The Kier molecular flexibility index (Phi) is 7.58. The van der Waals surface area contributed by atoms with Crippen LogP contribution in [0.25, 0.3) is 0 Å². The second kappa shape index (κ2) is 8.40. The van der Waals surface area contributed by atoms with Crippen molar-refractivity contribution in [2.45, 2.75) is 39.8 Å². The smallest absolute Gasteiger partial charge is 0.0305 e. The molecule has 0 amide bonds. The van der Waals surface area contributed by atoms with Crippen molar-refractivity contribution in [3.05, 3.63) is 32.7 Å². The first-order chi connectivity index (χ1) is 8.97. The first kappa shape index (κ1) is 17.2. The molecule has 0 aliphatic heterocycles. The minimum atomic E-state index is 0.341. The number of nitrogens with zero attached hydrogens (tertiary/aromatic N) is 1. The molecule has 2 nitrogen and oxygen atoms in total. The minimum Gasteiger partial charge on any atom is -0.306 e. The molecule has 0 saturated heterocycles. The molecule has 0 spiro atoms. The lowest BCUT2D eigenvalue weighted by atomic mass is 10.1. The topological polar surface area (TPSA) is 15.3 Å². The lowest BCUT2D eigenvalue weighted by Gasteiger charge is -2.26. The Labute approximate surface area is 134 Å². The van der Waals surface area contributed by atoms with Crippen molar-refractivity contribution in [1.82, 2.24) is 10.2 Å². The van der Waals surface area contributed by atoms with Gasteiger partial charge in [-0.05, 0) is 44.6 Å². The van der Waals surface area contributed by atoms with Crippen LogP contribution in [-0.4, -0.2) is 30.6 Å². The van der Waals surface area contributed by atoms with Gasteiger partial charge in [0, 0.05) is 27.6 Å². The highest BCUT2D eigenvalue weighted by Gasteiger charge is 2.14. The van der Waals surface area contributed by atoms with E-state index in [0.29, 0.717) is 12.1 Å². The highest BCUT2D eigenvalue weighted by molar-refractivity contribution is 9.11. The van der Waals surface area contributed by atoms with E-state index in [4.69, 9.17) is 0 Å². The summed E-state index contributed by atoms with van der Waals surface area (Å²) in [5.74, 6) is 0. The fraction of sp³-hybridized carbons (Fsp3) is 0.600. The number of nitrogens with one attached hydrogen (secondary N) is 1. The fourth-order valence-electron chi connectivity index (χ4n) is 2.29. The van der Waals surface area contributed by atoms with Crippen LogP contribution in [0.4, 0.5) is 0 Å². The number of rotatable bonds is 7. The number of likely N-dealkylation sites (N-methyl/N-ethyl adjacent to an activating group) is 1. The van der Waals surface area contributed by atoms with Crippen LogP contribution in [0.15, 0.2) is 27.1 Å². The fourth-order valence-corrected chi connectivity index (χ4v) is 3.68. The first-order valence-electron chi connectivity index (χ1n) is 6.91. The van der Waals surface area contributed by atoms with Crippen LogP contribution >= 0.6 is 31.9 Å². The molecule has 1 aromatic carbocycles. The van der Waals surface area contributed by atoms with Crippen LogP contribution in [0.5, 0.6) is 0 Å². The van der Waals surface area contributed by atoms with Gasteiger partial charge in [0.15, 0.2) is 0 Å². The molecule has 4 heteroatoms. The van der Waals surface area contributed by atoms with Crippen LogP contribution in [0.3, 0.4) is 0 Å². The molecule has 108 valence electrons. The van der Waals surface area contributed by atoms with Crippen LogP contribution in [0.1, 0.15) is 39.3 Å². The molecular weight excluding hydrogens is 368 g/mol. The Morgan fingerprint density at radius 2 is 1.79 bits per heavy atom. The highest BCUT2D eigenvalue weighted by atomic mass is 79.9. The number of hydrogen-bond donors (Lipinski definition) is 1. The molecule has 0 bridgehead atoms. The Balaban J connectivity index is 2.61. The van der Waals surface area contributed by atoms with Crippen LogP contribution in [0.2, 0.25) is 0 Å². The maximum absolute atomic E-state index is 3.67. The van der Waals surface area contributed by atoms with E-state index < -0.39 is 0 Å². The molecule has 0 saturated carbocycles. The van der Waals surface area contributed by atoms with E-state index in [-0.39, 0.29) is 0 Å². The summed E-state index contributed by atoms with van der Waals surface area (Å²) < 4.78 is 2.25. The van der Waals surface area contributed by atoms with Gasteiger partial charge >= 0.3 is 0 Å². The van der Waals surface area contributed by atoms with Gasteiger partial charge in [0.05, 0.1) is 0 Å². The molecule has 1 rings (SSSR count). The Morgan fingerprint density at radius 1 is 1.16 bits per heavy atom. The Bertz CT molecular complexity index is 392. The SMILES string of the molecule is CCN(CC)CC(C)NC(C)c1ccc(Br)cc1Br. The third kappa shape index (κ3) is 5.54. The Hall–Kier alpha value is 0.1000. The van der Waals surface area contributed by atoms with Crippen molar-refractivity contribution in [1.29, 1.82) is 0 Å². The Morgan fingerprint density at radius 3 is 2.32 bits per heavy atom. The quantitative estimate of drug-likeness (QED) is 0.730. The zero-order chi connectivity index (χ0) is 14.4. The minimum absolute atomic E-state index is 0.341. The second-order valence-corrected chi connectivity index (χ2v) is 6.71. The molecule has 2 atom stereocenters. The summed E-state index contributed by atoms with van der Waals surface area (Å²) in [6.45, 7) is 12.2. The van der Waals surface area contributed by atoms with Crippen molar-refractivity contribution < 1.29 is 0 Å². The van der Waals surface area contributed by atoms with Gasteiger partial charge in [0.1, 0.15) is 0 Å². The lowest BCUT2D eigenvalue weighted by Crippen LogP contribution is -2.40. The van der Waals surface area contributed by atoms with Crippen molar-refractivity contribution in [3.8, 4) is 0 Å². The summed E-state index contributed by atoms with van der Waals surface area (Å²) in [5.41, 5.74) is 1.30. The molecule has 0 radical (unpaired) electrons. The van der Waals surface area contributed by atoms with Gasteiger partial charge in [0.25, 0.3) is 0 Å². The van der Waals surface area contributed by atoms with Gasteiger partial charge in [-0.1, -0.05) is 51.8 Å². The summed E-state index contributed by atoms with van der Waals surface area (Å²) in [6.07, 6.45) is 0. The van der Waals surface area contributed by atoms with Crippen molar-refractivity contribution in [2.75, 3.05) is 19.6 Å². The summed E-state index contributed by atoms with van der Waals surface area (Å²) in [6, 6.07) is 7.17. The van der Waals surface area contributed by atoms with Gasteiger partial charge in [-0.3, -0.25) is 0 Å². The maximum Gasteiger partial charge on any atom is 0.0305 e. The van der Waals surface area contributed by atoms with Gasteiger partial charge < -0.3 is 10.2 Å². The summed E-state index contributed by atoms with van der Waals surface area (Å²) in [5, 5.41) is 3.67. The average Bonchev–Trinajstić information content (AvgIpc) is 2.35. The molecule has 19 heavy (non-hydrogen) atoms. The molecule has 0 fully saturated rings. The highest BCUT2D eigenvalue weighted by Crippen LogP contribution is 2.27. The van der Waals surface area contributed by atoms with Crippen LogP contribution in [-0.2, 0) is 0 Å². The van der Waals surface area contributed by atoms with Crippen molar-refractivity contribution in [2.24, 2.45) is 0 Å². The predicted octanol–water partition coefficient (Wildman–Crippen LogP) is 4.59. The molecular formula is C15H24Br2N2. The predicted molar refractivity (Wildman–Crippen MR) is 90.6 cm³/mol. The normalized spacial score (nSPS) is 14.7. The van der Waals surface area contributed by atoms with E-state index in [2.05, 4.69) is 88.0 Å². The van der Waals surface area contributed by atoms with E-state index in [0.717, 1.165) is 28.6 Å². The summed E-state index contributed by atoms with van der Waals surface area (Å²) in [7, 11) is 0. The monoisotopic (exact) mass is 390 g/mol. The van der Waals surface area contributed by atoms with Gasteiger partial charge in [0.2, 0.25) is 0 Å². The van der Waals surface area contributed by atoms with E-state index in [9.17, 15) is 0 Å². The summed E-state index contributed by atoms with van der Waals surface area (Å²) >= 11 is 7.13. The molecule has 0 heterocycles. The van der Waals surface area contributed by atoms with E-state index >= 15 is 0 Å².